The summed E-state index contributed by atoms with van der Waals surface area (Å²) in [6.07, 6.45) is -5.79. The molecule has 0 radical (unpaired) electrons. The van der Waals surface area contributed by atoms with Crippen LogP contribution < -0.4 is 11.3 Å². The molecule has 1 atom stereocenters. The van der Waals surface area contributed by atoms with Gasteiger partial charge in [-0.3, -0.25) is 5.43 Å². The molecule has 15 heavy (non-hydrogen) atoms. The van der Waals surface area contributed by atoms with Crippen molar-refractivity contribution < 1.29 is 23.1 Å². The highest BCUT2D eigenvalue weighted by Gasteiger charge is 2.62. The fourth-order valence-electron chi connectivity index (χ4n) is 1.22. The number of alkyl halides is 3. The van der Waals surface area contributed by atoms with E-state index in [1.54, 1.807) is 0 Å². The van der Waals surface area contributed by atoms with Crippen LogP contribution in [0.2, 0.25) is 0 Å². The number of hydrogen-bond acceptors (Lipinski definition) is 4. The lowest BCUT2D eigenvalue weighted by Crippen LogP contribution is -2.59. The maximum atomic E-state index is 12.5. The number of aliphatic hydroxyl groups is 1. The van der Waals surface area contributed by atoms with Gasteiger partial charge in [-0.05, 0) is 6.92 Å². The molecule has 6 nitrogen and oxygen atoms in total. The standard InChI is InChI=1S/C6H9F3N4O2/c1-3-2-5(15,6(7,8)9)13(12-3)4(14)11-10/h15H,2,10H2,1H3,(H,11,14). The van der Waals surface area contributed by atoms with Crippen molar-refractivity contribution >= 4 is 11.7 Å². The van der Waals surface area contributed by atoms with Crippen molar-refractivity contribution in [2.45, 2.75) is 25.2 Å². The van der Waals surface area contributed by atoms with Crippen LogP contribution in [0.25, 0.3) is 0 Å². The van der Waals surface area contributed by atoms with Gasteiger partial charge in [0.2, 0.25) is 0 Å². The van der Waals surface area contributed by atoms with Gasteiger partial charge >= 0.3 is 12.2 Å². The van der Waals surface area contributed by atoms with Gasteiger partial charge in [-0.2, -0.15) is 23.3 Å². The molecule has 0 spiro atoms. The number of hydrazine groups is 1. The predicted molar refractivity (Wildman–Crippen MR) is 43.3 cm³/mol. The Morgan fingerprint density at radius 2 is 2.27 bits per heavy atom. The number of halogens is 3. The average Bonchev–Trinajstić information content (AvgIpc) is 2.40. The third kappa shape index (κ3) is 1.75. The van der Waals surface area contributed by atoms with Crippen molar-refractivity contribution in [2.24, 2.45) is 10.9 Å². The van der Waals surface area contributed by atoms with E-state index in [9.17, 15) is 23.1 Å². The first kappa shape index (κ1) is 11.7. The third-order valence-electron chi connectivity index (χ3n) is 1.89. The minimum atomic E-state index is -5.00. The minimum Gasteiger partial charge on any atom is -0.362 e. The maximum Gasteiger partial charge on any atom is 0.438 e. The molecule has 0 aliphatic carbocycles. The SMILES string of the molecule is CC1=NN(C(=O)NN)C(O)(C(F)(F)F)C1. The van der Waals surface area contributed by atoms with Crippen molar-refractivity contribution in [2.75, 3.05) is 0 Å². The number of nitrogens with zero attached hydrogens (tertiary/aromatic N) is 2. The number of urea groups is 1. The molecule has 0 aromatic rings. The van der Waals surface area contributed by atoms with Crippen molar-refractivity contribution in [1.82, 2.24) is 10.4 Å². The highest BCUT2D eigenvalue weighted by Crippen LogP contribution is 2.39. The van der Waals surface area contributed by atoms with Crippen LogP contribution in [0.15, 0.2) is 5.10 Å². The summed E-state index contributed by atoms with van der Waals surface area (Å²) in [6.45, 7) is 1.26. The van der Waals surface area contributed by atoms with Crippen LogP contribution in [0.3, 0.4) is 0 Å². The number of carbonyl (C=O) groups excluding carboxylic acids is 1. The van der Waals surface area contributed by atoms with Crippen molar-refractivity contribution in [3.05, 3.63) is 0 Å². The van der Waals surface area contributed by atoms with E-state index in [0.29, 0.717) is 0 Å². The Labute approximate surface area is 82.5 Å². The summed E-state index contributed by atoms with van der Waals surface area (Å²) in [5, 5.41) is 12.5. The summed E-state index contributed by atoms with van der Waals surface area (Å²) in [4.78, 5) is 10.9. The van der Waals surface area contributed by atoms with Crippen LogP contribution in [0.5, 0.6) is 0 Å². The Kier molecular flexibility index (Phi) is 2.62. The molecule has 1 unspecified atom stereocenters. The van der Waals surface area contributed by atoms with Gasteiger partial charge in [0, 0.05) is 12.1 Å². The summed E-state index contributed by atoms with van der Waals surface area (Å²) in [6, 6.07) is -1.33. The predicted octanol–water partition coefficient (Wildman–Crippen LogP) is -0.0978. The van der Waals surface area contributed by atoms with Crippen LogP contribution >= 0.6 is 0 Å². The van der Waals surface area contributed by atoms with Crippen molar-refractivity contribution in [3.8, 4) is 0 Å². The molecule has 1 rings (SSSR count). The monoisotopic (exact) mass is 226 g/mol. The molecule has 0 bridgehead atoms. The molecular formula is C6H9F3N4O2. The van der Waals surface area contributed by atoms with Crippen molar-refractivity contribution in [1.29, 1.82) is 0 Å². The molecule has 0 fully saturated rings. The van der Waals surface area contributed by atoms with E-state index in [4.69, 9.17) is 0 Å². The highest BCUT2D eigenvalue weighted by molar-refractivity contribution is 5.88. The second-order valence-corrected chi connectivity index (χ2v) is 3.09. The molecule has 9 heteroatoms. The van der Waals surface area contributed by atoms with E-state index in [2.05, 4.69) is 10.9 Å². The first-order valence-electron chi connectivity index (χ1n) is 3.86. The fourth-order valence-corrected chi connectivity index (χ4v) is 1.22. The Balaban J connectivity index is 3.07. The normalized spacial score (nSPS) is 26.5. The molecule has 0 saturated carbocycles. The fraction of sp³-hybridized carbons (Fsp3) is 0.667. The van der Waals surface area contributed by atoms with Crippen LogP contribution in [0.4, 0.5) is 18.0 Å². The van der Waals surface area contributed by atoms with Gasteiger partial charge in [0.25, 0.3) is 5.72 Å². The van der Waals surface area contributed by atoms with Crippen LogP contribution in [-0.2, 0) is 0 Å². The van der Waals surface area contributed by atoms with Crippen LogP contribution in [0.1, 0.15) is 13.3 Å². The number of nitrogens with one attached hydrogen (secondary N) is 1. The average molecular weight is 226 g/mol. The summed E-state index contributed by atoms with van der Waals surface area (Å²) < 4.78 is 37.4. The number of nitrogens with two attached hydrogens (primary N) is 1. The molecule has 0 aromatic heterocycles. The minimum absolute atomic E-state index is 0.0153. The molecular weight excluding hydrogens is 217 g/mol. The van der Waals surface area contributed by atoms with Gasteiger partial charge in [0.1, 0.15) is 0 Å². The van der Waals surface area contributed by atoms with E-state index in [-0.39, 0.29) is 10.7 Å². The topological polar surface area (TPSA) is 91.0 Å². The van der Waals surface area contributed by atoms with Gasteiger partial charge in [-0.15, -0.1) is 0 Å². The first-order chi connectivity index (χ1) is 6.72. The Morgan fingerprint density at radius 1 is 1.73 bits per heavy atom. The zero-order chi connectivity index (χ0) is 11.9. The maximum absolute atomic E-state index is 12.5. The number of amides is 2. The molecule has 1 aliphatic heterocycles. The van der Waals surface area contributed by atoms with Crippen LogP contribution in [-0.4, -0.2) is 33.8 Å². The smallest absolute Gasteiger partial charge is 0.362 e. The molecule has 4 N–H and O–H groups in total. The number of rotatable bonds is 0. The van der Waals surface area contributed by atoms with E-state index >= 15 is 0 Å². The van der Waals surface area contributed by atoms with Gasteiger partial charge in [-0.25, -0.2) is 10.6 Å². The lowest BCUT2D eigenvalue weighted by atomic mass is 10.1. The lowest BCUT2D eigenvalue weighted by molar-refractivity contribution is -0.297. The second-order valence-electron chi connectivity index (χ2n) is 3.09. The van der Waals surface area contributed by atoms with E-state index < -0.39 is 24.4 Å². The Hall–Kier alpha value is -1.35. The molecule has 0 saturated heterocycles. The summed E-state index contributed by atoms with van der Waals surface area (Å²) in [7, 11) is 0. The lowest BCUT2D eigenvalue weighted by Gasteiger charge is -2.31. The summed E-state index contributed by atoms with van der Waals surface area (Å²) >= 11 is 0. The quantitative estimate of drug-likeness (QED) is 0.306. The highest BCUT2D eigenvalue weighted by atomic mass is 19.4. The molecule has 1 aliphatic rings. The van der Waals surface area contributed by atoms with Crippen molar-refractivity contribution in [3.63, 3.8) is 0 Å². The third-order valence-corrected chi connectivity index (χ3v) is 1.89. The number of hydrogen-bond donors (Lipinski definition) is 3. The van der Waals surface area contributed by atoms with Crippen LogP contribution in [0, 0.1) is 0 Å². The zero-order valence-electron chi connectivity index (χ0n) is 7.67. The zero-order valence-corrected chi connectivity index (χ0v) is 7.67. The molecule has 2 amide bonds. The molecule has 86 valence electrons. The molecule has 0 aromatic carbocycles. The van der Waals surface area contributed by atoms with Gasteiger partial charge in [0.05, 0.1) is 0 Å². The van der Waals surface area contributed by atoms with E-state index in [1.165, 1.54) is 12.3 Å². The van der Waals surface area contributed by atoms with Gasteiger partial charge in [0.15, 0.2) is 0 Å². The van der Waals surface area contributed by atoms with E-state index in [0.717, 1.165) is 0 Å². The summed E-state index contributed by atoms with van der Waals surface area (Å²) in [5.74, 6) is 4.67. The largest absolute Gasteiger partial charge is 0.438 e. The molecule has 1 heterocycles. The first-order valence-corrected chi connectivity index (χ1v) is 3.86. The van der Waals surface area contributed by atoms with E-state index in [1.807, 2.05) is 0 Å². The van der Waals surface area contributed by atoms with Gasteiger partial charge in [-0.1, -0.05) is 0 Å². The Morgan fingerprint density at radius 3 is 2.67 bits per heavy atom. The number of hydrazone groups is 1. The second kappa shape index (κ2) is 3.35. The number of carbonyl (C=O) groups is 1. The Bertz CT molecular complexity index is 316. The summed E-state index contributed by atoms with van der Waals surface area (Å²) in [5.41, 5.74) is -1.86. The van der Waals surface area contributed by atoms with Gasteiger partial charge < -0.3 is 5.11 Å².